The van der Waals surface area contributed by atoms with Crippen molar-refractivity contribution in [3.8, 4) is 22.6 Å². The van der Waals surface area contributed by atoms with Gasteiger partial charge in [0.15, 0.2) is 11.5 Å². The molecule has 2 aromatic rings. The largest absolute Gasteiger partial charge is 0.585 e. The van der Waals surface area contributed by atoms with Gasteiger partial charge in [-0.1, -0.05) is 0 Å². The van der Waals surface area contributed by atoms with Crippen LogP contribution in [0.25, 0.3) is 11.1 Å². The number of hydrogen-bond donors (Lipinski definition) is 1. The molecule has 0 aromatic heterocycles. The zero-order valence-corrected chi connectivity index (χ0v) is 19.9. The smallest absolute Gasteiger partial charge is 0.393 e. The Morgan fingerprint density at radius 2 is 1.19 bits per heavy atom. The Bertz CT molecular complexity index is 941. The normalized spacial score (nSPS) is 19.5. The van der Waals surface area contributed by atoms with Crippen LogP contribution in [0.4, 0.5) is 0 Å². The maximum Gasteiger partial charge on any atom is 0.585 e. The number of phosphoric acid groups is 1. The molecule has 0 spiro atoms. The van der Waals surface area contributed by atoms with Crippen LogP contribution in [0.15, 0.2) is 12.1 Å². The monoisotopic (exact) mass is 608 g/mol. The molecular weight excluding hydrogens is 589 g/mol. The second kappa shape index (κ2) is 6.89. The van der Waals surface area contributed by atoms with E-state index in [2.05, 4.69) is 57.3 Å². The highest BCUT2D eigenvalue weighted by Gasteiger charge is 2.38. The lowest BCUT2D eigenvalue weighted by Crippen LogP contribution is -2.10. The molecule has 0 saturated carbocycles. The molecule has 5 rings (SSSR count). The van der Waals surface area contributed by atoms with E-state index in [9.17, 15) is 9.46 Å². The molecule has 0 saturated heterocycles. The lowest BCUT2D eigenvalue weighted by atomic mass is 9.80. The Morgan fingerprint density at radius 3 is 1.63 bits per heavy atom. The first kappa shape index (κ1) is 18.7. The van der Waals surface area contributed by atoms with Crippen LogP contribution in [0.3, 0.4) is 0 Å². The van der Waals surface area contributed by atoms with Crippen LogP contribution in [0.1, 0.15) is 47.9 Å². The van der Waals surface area contributed by atoms with Gasteiger partial charge in [0.05, 0.1) is 7.14 Å². The number of fused-ring (bicyclic) bond motifs is 7. The Balaban J connectivity index is 1.93. The van der Waals surface area contributed by atoms with Gasteiger partial charge in [0, 0.05) is 11.1 Å². The number of aryl methyl sites for hydroxylation is 2. The van der Waals surface area contributed by atoms with Crippen molar-refractivity contribution in [2.24, 2.45) is 0 Å². The molecule has 0 unspecified atom stereocenters. The molecule has 2 aliphatic carbocycles. The number of halogens is 2. The van der Waals surface area contributed by atoms with Gasteiger partial charge in [0.25, 0.3) is 0 Å². The van der Waals surface area contributed by atoms with E-state index in [0.717, 1.165) is 56.8 Å². The van der Waals surface area contributed by atoms with Crippen molar-refractivity contribution in [2.45, 2.75) is 51.4 Å². The number of phosphoric ester groups is 1. The minimum absolute atomic E-state index is 0.524. The van der Waals surface area contributed by atoms with Gasteiger partial charge in [-0.25, -0.2) is 4.57 Å². The fraction of sp³-hybridized carbons (Fsp3) is 0.400. The van der Waals surface area contributed by atoms with Crippen LogP contribution in [0.2, 0.25) is 0 Å². The average Bonchev–Trinajstić information content (AvgIpc) is 2.76. The summed E-state index contributed by atoms with van der Waals surface area (Å²) in [6.45, 7) is 0. The quantitative estimate of drug-likeness (QED) is 0.287. The molecule has 2 aromatic carbocycles. The molecule has 0 fully saturated rings. The van der Waals surface area contributed by atoms with E-state index >= 15 is 0 Å². The van der Waals surface area contributed by atoms with E-state index in [0.29, 0.717) is 11.5 Å². The zero-order chi connectivity index (χ0) is 18.8. The Hall–Kier alpha value is -0.310. The van der Waals surface area contributed by atoms with Crippen molar-refractivity contribution in [3.63, 3.8) is 0 Å². The minimum atomic E-state index is -4.23. The molecule has 7 heteroatoms. The predicted octanol–water partition coefficient (Wildman–Crippen LogP) is 6.19. The summed E-state index contributed by atoms with van der Waals surface area (Å²) >= 11 is 4.46. The van der Waals surface area contributed by atoms with Crippen molar-refractivity contribution in [2.75, 3.05) is 0 Å². The summed E-state index contributed by atoms with van der Waals surface area (Å²) in [5.74, 6) is 1.05. The molecule has 1 heterocycles. The summed E-state index contributed by atoms with van der Waals surface area (Å²) in [6.07, 6.45) is 8.72. The van der Waals surface area contributed by atoms with Gasteiger partial charge < -0.3 is 9.05 Å². The second-order valence-corrected chi connectivity index (χ2v) is 11.1. The summed E-state index contributed by atoms with van der Waals surface area (Å²) in [6, 6.07) is 4.25. The third-order valence-electron chi connectivity index (χ3n) is 5.78. The van der Waals surface area contributed by atoms with Crippen molar-refractivity contribution < 1.29 is 18.5 Å². The molecule has 3 aliphatic rings. The molecule has 0 atom stereocenters. The maximum atomic E-state index is 12.7. The van der Waals surface area contributed by atoms with E-state index in [-0.39, 0.29) is 0 Å². The topological polar surface area (TPSA) is 55.8 Å². The van der Waals surface area contributed by atoms with Crippen LogP contribution in [-0.4, -0.2) is 4.89 Å². The SMILES string of the molecule is O=P1(O)Oc2c(I)cc3c(c2-c2c4c(cc(I)c2O1)CCCC4)CCCC3. The Labute approximate surface area is 185 Å². The van der Waals surface area contributed by atoms with Crippen LogP contribution in [-0.2, 0) is 30.2 Å². The summed E-state index contributed by atoms with van der Waals surface area (Å²) in [5, 5.41) is 0. The predicted molar refractivity (Wildman–Crippen MR) is 122 cm³/mol. The van der Waals surface area contributed by atoms with Gasteiger partial charge >= 0.3 is 7.82 Å². The van der Waals surface area contributed by atoms with E-state index < -0.39 is 7.82 Å². The van der Waals surface area contributed by atoms with Crippen molar-refractivity contribution in [1.29, 1.82) is 0 Å². The van der Waals surface area contributed by atoms with E-state index in [1.165, 1.54) is 35.1 Å². The van der Waals surface area contributed by atoms with Crippen LogP contribution in [0, 0.1) is 7.14 Å². The first-order chi connectivity index (χ1) is 12.9. The highest BCUT2D eigenvalue weighted by atomic mass is 127. The minimum Gasteiger partial charge on any atom is -0.393 e. The zero-order valence-electron chi connectivity index (χ0n) is 14.7. The van der Waals surface area contributed by atoms with Crippen molar-refractivity contribution in [3.05, 3.63) is 41.5 Å². The standard InChI is InChI=1S/C20H19I2O4P/c21-15-9-11-5-1-3-7-13(11)17-18-14-8-4-2-6-12(14)10-16(22)20(18)26-27(23,24)25-19(15)17/h9-10H,1-8H2,(H,23,24). The molecule has 1 aliphatic heterocycles. The lowest BCUT2D eigenvalue weighted by molar-refractivity contribution is 0.293. The first-order valence-corrected chi connectivity index (χ1v) is 13.0. The second-order valence-electron chi connectivity index (χ2n) is 7.47. The summed E-state index contributed by atoms with van der Waals surface area (Å²) < 4.78 is 25.8. The summed E-state index contributed by atoms with van der Waals surface area (Å²) in [4.78, 5) is 10.4. The fourth-order valence-corrected chi connectivity index (χ4v) is 7.39. The summed E-state index contributed by atoms with van der Waals surface area (Å²) in [5.41, 5.74) is 7.26. The third-order valence-corrected chi connectivity index (χ3v) is 8.21. The highest BCUT2D eigenvalue weighted by molar-refractivity contribution is 14.1. The molecule has 0 radical (unpaired) electrons. The fourth-order valence-electron chi connectivity index (χ4n) is 4.65. The first-order valence-electron chi connectivity index (χ1n) is 9.35. The number of benzene rings is 2. The van der Waals surface area contributed by atoms with Gasteiger partial charge in [-0.15, -0.1) is 0 Å². The van der Waals surface area contributed by atoms with Crippen molar-refractivity contribution >= 4 is 53.0 Å². The van der Waals surface area contributed by atoms with Gasteiger partial charge in [0.1, 0.15) is 0 Å². The average molecular weight is 608 g/mol. The van der Waals surface area contributed by atoms with Crippen LogP contribution < -0.4 is 9.05 Å². The van der Waals surface area contributed by atoms with Crippen molar-refractivity contribution in [1.82, 2.24) is 0 Å². The highest BCUT2D eigenvalue weighted by Crippen LogP contribution is 2.59. The van der Waals surface area contributed by atoms with E-state index in [4.69, 9.17) is 9.05 Å². The van der Waals surface area contributed by atoms with Gasteiger partial charge in [0.2, 0.25) is 0 Å². The van der Waals surface area contributed by atoms with E-state index in [1.54, 1.807) is 0 Å². The Morgan fingerprint density at radius 1 is 0.778 bits per heavy atom. The molecule has 1 N–H and O–H groups in total. The Kier molecular flexibility index (Phi) is 4.77. The molecular formula is C20H19I2O4P. The maximum absolute atomic E-state index is 12.7. The van der Waals surface area contributed by atoms with E-state index in [1.807, 2.05) is 0 Å². The molecule has 27 heavy (non-hydrogen) atoms. The number of hydrogen-bond acceptors (Lipinski definition) is 3. The van der Waals surface area contributed by atoms with Gasteiger partial charge in [-0.3, -0.25) is 4.89 Å². The molecule has 4 nitrogen and oxygen atoms in total. The molecule has 142 valence electrons. The molecule has 0 bridgehead atoms. The van der Waals surface area contributed by atoms with Crippen LogP contribution >= 0.6 is 53.0 Å². The van der Waals surface area contributed by atoms with Gasteiger partial charge in [-0.2, -0.15) is 0 Å². The molecule has 0 amide bonds. The lowest BCUT2D eigenvalue weighted by Gasteiger charge is -2.26. The third kappa shape index (κ3) is 3.15. The van der Waals surface area contributed by atoms with Gasteiger partial charge in [-0.05, 0) is 131 Å². The van der Waals surface area contributed by atoms with Crippen LogP contribution in [0.5, 0.6) is 11.5 Å². The summed E-state index contributed by atoms with van der Waals surface area (Å²) in [7, 11) is -4.23. The number of rotatable bonds is 0.